The van der Waals surface area contributed by atoms with Crippen molar-refractivity contribution in [2.75, 3.05) is 18.1 Å². The largest absolute Gasteiger partial charge is 0.481 e. The number of ether oxygens (including phenoxy) is 2. The lowest BCUT2D eigenvalue weighted by molar-refractivity contribution is -0.167. The maximum Gasteiger partial charge on any atom is 0.303 e. The van der Waals surface area contributed by atoms with Crippen LogP contribution in [0.4, 0.5) is 0 Å². The van der Waals surface area contributed by atoms with Crippen LogP contribution in [0.3, 0.4) is 0 Å². The summed E-state index contributed by atoms with van der Waals surface area (Å²) in [6.45, 7) is 2.52. The minimum Gasteiger partial charge on any atom is -0.481 e. The molecule has 104 valence electrons. The van der Waals surface area contributed by atoms with Crippen molar-refractivity contribution in [3.05, 3.63) is 0 Å². The highest BCUT2D eigenvalue weighted by atomic mass is 32.2. The summed E-state index contributed by atoms with van der Waals surface area (Å²) < 4.78 is 11.7. The summed E-state index contributed by atoms with van der Waals surface area (Å²) >= 11 is 2.01. The Bertz CT molecular complexity index is 291. The van der Waals surface area contributed by atoms with E-state index >= 15 is 0 Å². The molecular formula is C13H22O4S. The Morgan fingerprint density at radius 2 is 2.39 bits per heavy atom. The first-order valence-electron chi connectivity index (χ1n) is 6.69. The molecule has 3 atom stereocenters. The third-order valence-electron chi connectivity index (χ3n) is 3.58. The Balaban J connectivity index is 1.76. The second-order valence-electron chi connectivity index (χ2n) is 5.40. The summed E-state index contributed by atoms with van der Waals surface area (Å²) in [6.07, 6.45) is 4.13. The highest BCUT2D eigenvalue weighted by Crippen LogP contribution is 2.36. The normalized spacial score (nSPS) is 36.7. The van der Waals surface area contributed by atoms with E-state index in [0.717, 1.165) is 6.42 Å². The zero-order valence-electron chi connectivity index (χ0n) is 10.9. The molecule has 0 aromatic carbocycles. The lowest BCUT2D eigenvalue weighted by Crippen LogP contribution is -2.31. The molecule has 1 N–H and O–H groups in total. The van der Waals surface area contributed by atoms with E-state index in [1.165, 1.54) is 24.3 Å². The Hall–Kier alpha value is -0.260. The molecule has 18 heavy (non-hydrogen) atoms. The molecule has 2 fully saturated rings. The van der Waals surface area contributed by atoms with E-state index in [4.69, 9.17) is 14.6 Å². The molecule has 0 aliphatic carbocycles. The monoisotopic (exact) mass is 274 g/mol. The van der Waals surface area contributed by atoms with E-state index in [1.807, 2.05) is 18.7 Å². The molecule has 0 aromatic rings. The van der Waals surface area contributed by atoms with Gasteiger partial charge < -0.3 is 14.6 Å². The van der Waals surface area contributed by atoms with Gasteiger partial charge in [-0.25, -0.2) is 0 Å². The lowest BCUT2D eigenvalue weighted by Gasteiger charge is -2.30. The summed E-state index contributed by atoms with van der Waals surface area (Å²) in [4.78, 5) is 10.5. The van der Waals surface area contributed by atoms with E-state index in [9.17, 15) is 4.79 Å². The number of carbonyl (C=O) groups is 1. The van der Waals surface area contributed by atoms with E-state index in [2.05, 4.69) is 0 Å². The van der Waals surface area contributed by atoms with Crippen LogP contribution >= 0.6 is 11.8 Å². The second-order valence-corrected chi connectivity index (χ2v) is 6.55. The van der Waals surface area contributed by atoms with Crippen molar-refractivity contribution in [2.24, 2.45) is 5.92 Å². The van der Waals surface area contributed by atoms with Crippen LogP contribution in [0.2, 0.25) is 0 Å². The maximum atomic E-state index is 10.5. The summed E-state index contributed by atoms with van der Waals surface area (Å²) in [5, 5.41) is 8.67. The predicted molar refractivity (Wildman–Crippen MR) is 70.8 cm³/mol. The molecule has 3 unspecified atom stereocenters. The summed E-state index contributed by atoms with van der Waals surface area (Å²) in [7, 11) is 0. The molecule has 4 nitrogen and oxygen atoms in total. The van der Waals surface area contributed by atoms with E-state index in [-0.39, 0.29) is 12.5 Å². The van der Waals surface area contributed by atoms with E-state index in [0.29, 0.717) is 18.9 Å². The minimum atomic E-state index is -0.768. The molecule has 2 saturated heterocycles. The van der Waals surface area contributed by atoms with Gasteiger partial charge >= 0.3 is 5.97 Å². The van der Waals surface area contributed by atoms with Gasteiger partial charge in [0.15, 0.2) is 5.79 Å². The highest BCUT2D eigenvalue weighted by molar-refractivity contribution is 7.99. The van der Waals surface area contributed by atoms with Crippen LogP contribution in [0.15, 0.2) is 0 Å². The molecule has 2 aliphatic heterocycles. The first kappa shape index (κ1) is 14.2. The molecule has 0 radical (unpaired) electrons. The third-order valence-corrected chi connectivity index (χ3v) is 4.87. The summed E-state index contributed by atoms with van der Waals surface area (Å²) in [6, 6.07) is 0. The maximum absolute atomic E-state index is 10.5. The van der Waals surface area contributed by atoms with Crippen molar-refractivity contribution in [3.63, 3.8) is 0 Å². The SMILES string of the molecule is CC1(CC2CCCSC2)OCC(CCC(=O)O)O1. The van der Waals surface area contributed by atoms with Gasteiger partial charge in [0.2, 0.25) is 0 Å². The molecule has 2 rings (SSSR count). The zero-order valence-corrected chi connectivity index (χ0v) is 11.7. The number of thioether (sulfide) groups is 1. The number of rotatable bonds is 5. The van der Waals surface area contributed by atoms with Gasteiger partial charge in [-0.2, -0.15) is 11.8 Å². The van der Waals surface area contributed by atoms with Crippen molar-refractivity contribution < 1.29 is 19.4 Å². The van der Waals surface area contributed by atoms with Crippen molar-refractivity contribution in [2.45, 2.75) is 50.9 Å². The predicted octanol–water partition coefficient (Wildman–Crippen LogP) is 2.52. The topological polar surface area (TPSA) is 55.8 Å². The number of hydrogen-bond acceptors (Lipinski definition) is 4. The van der Waals surface area contributed by atoms with Gasteiger partial charge in [-0.3, -0.25) is 4.79 Å². The average Bonchev–Trinajstić information content (AvgIpc) is 2.69. The Morgan fingerprint density at radius 3 is 3.06 bits per heavy atom. The lowest BCUT2D eigenvalue weighted by atomic mass is 9.97. The molecule has 0 saturated carbocycles. The highest BCUT2D eigenvalue weighted by Gasteiger charge is 2.39. The number of carboxylic acids is 1. The quantitative estimate of drug-likeness (QED) is 0.835. The third kappa shape index (κ3) is 4.14. The Labute approximate surface area is 112 Å². The van der Waals surface area contributed by atoms with Crippen LogP contribution < -0.4 is 0 Å². The fourth-order valence-corrected chi connectivity index (χ4v) is 3.87. The van der Waals surface area contributed by atoms with Crippen LogP contribution in [-0.4, -0.2) is 41.1 Å². The molecule has 0 aromatic heterocycles. The number of aliphatic carboxylic acids is 1. The van der Waals surface area contributed by atoms with Gasteiger partial charge in [-0.15, -0.1) is 0 Å². The van der Waals surface area contributed by atoms with Crippen molar-refractivity contribution >= 4 is 17.7 Å². The molecule has 2 aliphatic rings. The van der Waals surface area contributed by atoms with Gasteiger partial charge in [0.25, 0.3) is 0 Å². The minimum absolute atomic E-state index is 0.0534. The van der Waals surface area contributed by atoms with E-state index in [1.54, 1.807) is 0 Å². The van der Waals surface area contributed by atoms with Gasteiger partial charge in [0.05, 0.1) is 12.7 Å². The molecule has 0 spiro atoms. The fourth-order valence-electron chi connectivity index (χ4n) is 2.72. The molecule has 5 heteroatoms. The van der Waals surface area contributed by atoms with E-state index < -0.39 is 11.8 Å². The summed E-state index contributed by atoms with van der Waals surface area (Å²) in [5.41, 5.74) is 0. The van der Waals surface area contributed by atoms with Gasteiger partial charge in [-0.1, -0.05) is 0 Å². The van der Waals surface area contributed by atoms with Crippen LogP contribution in [0.1, 0.15) is 39.0 Å². The number of carboxylic acid groups (broad SMARTS) is 1. The first-order chi connectivity index (χ1) is 8.57. The molecular weight excluding hydrogens is 252 g/mol. The molecule has 0 amide bonds. The molecule has 0 bridgehead atoms. The smallest absolute Gasteiger partial charge is 0.303 e. The second kappa shape index (κ2) is 6.26. The van der Waals surface area contributed by atoms with Gasteiger partial charge in [0, 0.05) is 12.8 Å². The fraction of sp³-hybridized carbons (Fsp3) is 0.923. The van der Waals surface area contributed by atoms with Crippen LogP contribution in [0.25, 0.3) is 0 Å². The van der Waals surface area contributed by atoms with Crippen molar-refractivity contribution in [1.29, 1.82) is 0 Å². The van der Waals surface area contributed by atoms with Crippen LogP contribution in [0.5, 0.6) is 0 Å². The van der Waals surface area contributed by atoms with Gasteiger partial charge in [-0.05, 0) is 43.6 Å². The van der Waals surface area contributed by atoms with Crippen molar-refractivity contribution in [3.8, 4) is 0 Å². The van der Waals surface area contributed by atoms with Crippen LogP contribution in [0, 0.1) is 5.92 Å². The van der Waals surface area contributed by atoms with Crippen molar-refractivity contribution in [1.82, 2.24) is 0 Å². The molecule has 2 heterocycles. The Morgan fingerprint density at radius 1 is 1.56 bits per heavy atom. The zero-order chi connectivity index (χ0) is 13.0. The van der Waals surface area contributed by atoms with Gasteiger partial charge in [0.1, 0.15) is 0 Å². The Kier molecular flexibility index (Phi) is 4.92. The standard InChI is InChI=1S/C13H22O4S/c1-13(7-10-3-2-6-18-9-10)16-8-11(17-13)4-5-12(14)15/h10-11H,2-9H2,1H3,(H,14,15). The average molecular weight is 274 g/mol. The number of hydrogen-bond donors (Lipinski definition) is 1. The van der Waals surface area contributed by atoms with Crippen LogP contribution in [-0.2, 0) is 14.3 Å². The summed E-state index contributed by atoms with van der Waals surface area (Å²) in [5.74, 6) is 1.88. The first-order valence-corrected chi connectivity index (χ1v) is 7.84.